The van der Waals surface area contributed by atoms with Gasteiger partial charge in [-0.15, -0.1) is 0 Å². The van der Waals surface area contributed by atoms with Crippen molar-refractivity contribution in [1.82, 2.24) is 24.7 Å². The minimum atomic E-state index is -4.03. The Bertz CT molecular complexity index is 1890. The van der Waals surface area contributed by atoms with E-state index in [1.165, 1.54) is 13.2 Å². The van der Waals surface area contributed by atoms with Gasteiger partial charge < -0.3 is 19.7 Å². The summed E-state index contributed by atoms with van der Waals surface area (Å²) < 4.78 is 40.6. The van der Waals surface area contributed by atoms with E-state index in [0.717, 1.165) is 11.1 Å². The van der Waals surface area contributed by atoms with Crippen LogP contribution in [-0.4, -0.2) is 99.6 Å². The first-order valence-electron chi connectivity index (χ1n) is 17.1. The second-order valence-electron chi connectivity index (χ2n) is 13.8. The molecule has 52 heavy (non-hydrogen) atoms. The van der Waals surface area contributed by atoms with Gasteiger partial charge in [0.25, 0.3) is 0 Å². The maximum absolute atomic E-state index is 15.0. The van der Waals surface area contributed by atoms with Gasteiger partial charge in [0.15, 0.2) is 0 Å². The number of urea groups is 1. The van der Waals surface area contributed by atoms with E-state index in [1.807, 2.05) is 56.9 Å². The lowest BCUT2D eigenvalue weighted by Gasteiger charge is -2.39. The summed E-state index contributed by atoms with van der Waals surface area (Å²) in [5.41, 5.74) is 2.00. The molecule has 2 atom stereocenters. The average molecular weight is 774 g/mol. The van der Waals surface area contributed by atoms with Gasteiger partial charge in [-0.3, -0.25) is 19.6 Å². The summed E-state index contributed by atoms with van der Waals surface area (Å²) in [5.74, 6) is 0.551. The normalized spacial score (nSPS) is 18.3. The summed E-state index contributed by atoms with van der Waals surface area (Å²) in [5, 5.41) is 4.08. The molecule has 0 saturated carbocycles. The number of benzene rings is 3. The van der Waals surface area contributed by atoms with Crippen molar-refractivity contribution in [2.45, 2.75) is 57.1 Å². The van der Waals surface area contributed by atoms with Gasteiger partial charge in [-0.25, -0.2) is 13.2 Å². The number of aliphatic imine (C=N–C) groups is 1. The largest absolute Gasteiger partial charge is 0.493 e. The van der Waals surface area contributed by atoms with E-state index in [1.54, 1.807) is 47.1 Å². The Morgan fingerprint density at radius 1 is 0.942 bits per heavy atom. The van der Waals surface area contributed by atoms with Crippen LogP contribution in [0.3, 0.4) is 0 Å². The maximum Gasteiger partial charge on any atom is 0.326 e. The summed E-state index contributed by atoms with van der Waals surface area (Å²) >= 11 is 12.6. The van der Waals surface area contributed by atoms with Crippen LogP contribution in [-0.2, 0) is 19.6 Å². The second kappa shape index (κ2) is 16.5. The fourth-order valence-electron chi connectivity index (χ4n) is 6.38. The summed E-state index contributed by atoms with van der Waals surface area (Å²) in [6.07, 6.45) is 0. The number of carbonyl (C=O) groups excluding carboxylic acids is 2. The van der Waals surface area contributed by atoms with Crippen molar-refractivity contribution in [1.29, 1.82) is 0 Å². The highest BCUT2D eigenvalue weighted by Crippen LogP contribution is 2.46. The monoisotopic (exact) mass is 772 g/mol. The summed E-state index contributed by atoms with van der Waals surface area (Å²) in [4.78, 5) is 38.3. The molecule has 0 aromatic heterocycles. The Morgan fingerprint density at radius 3 is 2.10 bits per heavy atom. The molecule has 5 rings (SSSR count). The summed E-state index contributed by atoms with van der Waals surface area (Å²) in [7, 11) is -2.64. The lowest BCUT2D eigenvalue weighted by atomic mass is 9.93. The quantitative estimate of drug-likeness (QED) is 0.236. The average Bonchev–Trinajstić information content (AvgIpc) is 3.47. The van der Waals surface area contributed by atoms with E-state index in [9.17, 15) is 18.0 Å². The van der Waals surface area contributed by atoms with Crippen molar-refractivity contribution >= 4 is 51.0 Å². The van der Waals surface area contributed by atoms with Crippen LogP contribution in [0.2, 0.25) is 10.0 Å². The van der Waals surface area contributed by atoms with Gasteiger partial charge in [-0.1, -0.05) is 47.5 Å². The molecule has 3 aromatic carbocycles. The zero-order valence-corrected chi connectivity index (χ0v) is 32.6. The Morgan fingerprint density at radius 2 is 1.54 bits per heavy atom. The van der Waals surface area contributed by atoms with Crippen molar-refractivity contribution in [3.63, 3.8) is 0 Å². The maximum atomic E-state index is 15.0. The van der Waals surface area contributed by atoms with Crippen LogP contribution in [0.1, 0.15) is 62.0 Å². The fraction of sp³-hybridized carbons (Fsp3) is 0.432. The number of rotatable bonds is 11. The minimum Gasteiger partial charge on any atom is -0.493 e. The molecule has 0 spiro atoms. The van der Waals surface area contributed by atoms with Crippen molar-refractivity contribution in [3.05, 3.63) is 93.0 Å². The van der Waals surface area contributed by atoms with E-state index in [-0.39, 0.29) is 48.1 Å². The van der Waals surface area contributed by atoms with Crippen molar-refractivity contribution in [3.8, 4) is 5.75 Å². The molecule has 280 valence electrons. The number of amides is 3. The number of methoxy groups -OCH3 is 1. The second-order valence-corrected chi connectivity index (χ2v) is 16.4. The van der Waals surface area contributed by atoms with Crippen molar-refractivity contribution < 1.29 is 27.5 Å². The Kier molecular flexibility index (Phi) is 12.5. The van der Waals surface area contributed by atoms with Gasteiger partial charge in [-0.05, 0) is 87.7 Å². The van der Waals surface area contributed by atoms with Crippen LogP contribution in [0.15, 0.2) is 70.6 Å². The minimum absolute atomic E-state index is 0.00163. The highest BCUT2D eigenvalue weighted by atomic mass is 35.5. The molecule has 2 N–H and O–H groups in total. The third-order valence-electron chi connectivity index (χ3n) is 8.72. The van der Waals surface area contributed by atoms with Crippen LogP contribution < -0.4 is 14.8 Å². The van der Waals surface area contributed by atoms with Gasteiger partial charge >= 0.3 is 6.03 Å². The number of nitrogens with one attached hydrogen (secondary N) is 2. The molecule has 0 bridgehead atoms. The van der Waals surface area contributed by atoms with Crippen LogP contribution in [0.25, 0.3) is 0 Å². The molecule has 2 aliphatic heterocycles. The SMILES string of the molecule is CCOc1cc(C)c(S(=O)(=O)NCOC)cc1C1=N[C@@H](c2ccc(Cl)cc2)[C@@H](c2ccc(Cl)cc2)N1C(=O)N1CCN(CC(=O)NC(C)(C)C)CC1. The molecule has 0 radical (unpaired) electrons. The number of amidine groups is 1. The van der Waals surface area contributed by atoms with Crippen LogP contribution in [0, 0.1) is 6.92 Å². The molecule has 1 fully saturated rings. The molecule has 0 aliphatic carbocycles. The van der Waals surface area contributed by atoms with Gasteiger partial charge in [0.2, 0.25) is 15.9 Å². The first kappa shape index (κ1) is 39.5. The lowest BCUT2D eigenvalue weighted by molar-refractivity contribution is -0.124. The van der Waals surface area contributed by atoms with E-state index in [2.05, 4.69) is 10.0 Å². The molecule has 3 amide bonds. The molecular weight excluding hydrogens is 727 g/mol. The van der Waals surface area contributed by atoms with Gasteiger partial charge in [0, 0.05) is 48.9 Å². The zero-order chi connectivity index (χ0) is 37.8. The standard InChI is InChI=1S/C37H46Cl2N6O6S/c1-7-51-30-20-24(2)31(52(48,49)40-23-50-6)21-29(30)35-41-33(25-8-12-27(38)13-9-25)34(26-10-14-28(39)15-11-26)45(35)36(47)44-18-16-43(17-19-44)22-32(46)42-37(3,4)5/h8-15,20-21,33-34,40H,7,16-19,22-23H2,1-6H3,(H,42,46)/t33-,34+/m0/s1. The topological polar surface area (TPSA) is 133 Å². The number of halogens is 2. The first-order chi connectivity index (χ1) is 24.6. The van der Waals surface area contributed by atoms with Crippen molar-refractivity contribution in [2.24, 2.45) is 4.99 Å². The van der Waals surface area contributed by atoms with Gasteiger partial charge in [-0.2, -0.15) is 4.72 Å². The number of carbonyl (C=O) groups is 2. The fourth-order valence-corrected chi connectivity index (χ4v) is 7.82. The van der Waals surface area contributed by atoms with Crippen molar-refractivity contribution in [2.75, 3.05) is 53.2 Å². The Labute approximate surface area is 316 Å². The molecule has 0 unspecified atom stereocenters. The summed E-state index contributed by atoms with van der Waals surface area (Å²) in [6.45, 7) is 11.3. The molecule has 2 heterocycles. The van der Waals surface area contributed by atoms with E-state index < -0.39 is 22.1 Å². The van der Waals surface area contributed by atoms with Crippen LogP contribution in [0.4, 0.5) is 4.79 Å². The number of nitrogens with zero attached hydrogens (tertiary/aromatic N) is 4. The number of hydrogen-bond donors (Lipinski definition) is 2. The van der Waals surface area contributed by atoms with Gasteiger partial charge in [0.1, 0.15) is 24.4 Å². The van der Waals surface area contributed by atoms with E-state index in [0.29, 0.717) is 53.1 Å². The highest BCUT2D eigenvalue weighted by Gasteiger charge is 2.45. The number of piperazine rings is 1. The summed E-state index contributed by atoms with van der Waals surface area (Å²) in [6, 6.07) is 16.1. The number of hydrogen-bond acceptors (Lipinski definition) is 8. The van der Waals surface area contributed by atoms with E-state index in [4.69, 9.17) is 37.7 Å². The molecule has 2 aliphatic rings. The predicted octanol–water partition coefficient (Wildman–Crippen LogP) is 5.78. The molecular formula is C37H46Cl2N6O6S. The number of aryl methyl sites for hydroxylation is 1. The van der Waals surface area contributed by atoms with Gasteiger partial charge in [0.05, 0.1) is 29.7 Å². The third kappa shape index (κ3) is 9.25. The smallest absolute Gasteiger partial charge is 0.326 e. The zero-order valence-electron chi connectivity index (χ0n) is 30.3. The molecule has 1 saturated heterocycles. The first-order valence-corrected chi connectivity index (χ1v) is 19.3. The number of ether oxygens (including phenoxy) is 2. The van der Waals surface area contributed by atoms with Crippen LogP contribution >= 0.6 is 23.2 Å². The molecule has 3 aromatic rings. The predicted molar refractivity (Wildman–Crippen MR) is 203 cm³/mol. The highest BCUT2D eigenvalue weighted by molar-refractivity contribution is 7.89. The van der Waals surface area contributed by atoms with E-state index >= 15 is 0 Å². The Balaban J connectivity index is 1.62. The third-order valence-corrected chi connectivity index (χ3v) is 10.7. The molecule has 12 nitrogen and oxygen atoms in total. The lowest BCUT2D eigenvalue weighted by Crippen LogP contribution is -2.56. The Hall–Kier alpha value is -3.72. The van der Waals surface area contributed by atoms with Crippen LogP contribution in [0.5, 0.6) is 5.75 Å². The molecule has 15 heteroatoms. The number of sulfonamides is 1.